The van der Waals surface area contributed by atoms with Gasteiger partial charge in [0.2, 0.25) is 15.2 Å². The zero-order valence-corrected chi connectivity index (χ0v) is 15.0. The number of hydrogen-bond acceptors (Lipinski definition) is 8. The molecule has 0 heterocycles. The quantitative estimate of drug-likeness (QED) is 0.329. The standard InChI is InChI=1S/C7H5ClN2O10S3.ClH/c1-20-4-2(8)5(21(11,12)13)7(23(17,18)19)3(10-9)6(4)22(14,15)16;/h1H3,(H2-,11,12,13,14,15,16,17,18,19);1H. The highest BCUT2D eigenvalue weighted by Gasteiger charge is 2.46. The average molecular weight is 445 g/mol. The predicted octanol–water partition coefficient (Wildman–Crippen LogP) is -2.42. The third-order valence-electron chi connectivity index (χ3n) is 2.32. The molecule has 0 aliphatic rings. The Morgan fingerprint density at radius 1 is 0.917 bits per heavy atom. The molecule has 0 aromatic heterocycles. The van der Waals surface area contributed by atoms with Crippen molar-refractivity contribution < 1.29 is 56.1 Å². The van der Waals surface area contributed by atoms with E-state index in [-0.39, 0.29) is 12.4 Å². The topological polar surface area (TPSA) is 200 Å². The summed E-state index contributed by atoms with van der Waals surface area (Å²) in [5.74, 6) is -1.15. The van der Waals surface area contributed by atoms with E-state index in [4.69, 9.17) is 30.7 Å². The maximum atomic E-state index is 11.3. The summed E-state index contributed by atoms with van der Waals surface area (Å²) in [6.45, 7) is 0. The minimum Gasteiger partial charge on any atom is -1.00 e. The van der Waals surface area contributed by atoms with Crippen LogP contribution in [0.15, 0.2) is 14.7 Å². The van der Waals surface area contributed by atoms with E-state index in [0.29, 0.717) is 0 Å². The van der Waals surface area contributed by atoms with E-state index in [1.165, 1.54) is 0 Å². The lowest BCUT2D eigenvalue weighted by atomic mass is 10.3. The fourth-order valence-corrected chi connectivity index (χ4v) is 5.15. The fraction of sp³-hybridized carbons (Fsp3) is 0.143. The van der Waals surface area contributed by atoms with Crippen LogP contribution in [0.2, 0.25) is 5.02 Å². The molecule has 0 bridgehead atoms. The van der Waals surface area contributed by atoms with Gasteiger partial charge in [0, 0.05) is 0 Å². The third-order valence-corrected chi connectivity index (χ3v) is 5.65. The van der Waals surface area contributed by atoms with E-state index in [1.54, 1.807) is 0 Å². The molecule has 0 spiro atoms. The number of methoxy groups -OCH3 is 1. The minimum atomic E-state index is -5.60. The lowest BCUT2D eigenvalue weighted by Gasteiger charge is -2.11. The van der Waals surface area contributed by atoms with E-state index in [0.717, 1.165) is 7.11 Å². The molecule has 1 aromatic carbocycles. The van der Waals surface area contributed by atoms with Crippen molar-refractivity contribution in [3.8, 4) is 5.75 Å². The average Bonchev–Trinajstić information content (AvgIpc) is 2.33. The van der Waals surface area contributed by atoms with Crippen molar-refractivity contribution in [2.24, 2.45) is 0 Å². The van der Waals surface area contributed by atoms with Gasteiger partial charge in [0.05, 0.1) is 7.11 Å². The summed E-state index contributed by atoms with van der Waals surface area (Å²) in [6, 6.07) is 0. The normalized spacial score (nSPS) is 12.2. The van der Waals surface area contributed by atoms with E-state index in [1.807, 2.05) is 0 Å². The molecule has 0 aliphatic carbocycles. The van der Waals surface area contributed by atoms with Crippen LogP contribution in [0.3, 0.4) is 0 Å². The smallest absolute Gasteiger partial charge is 0.432 e. The molecule has 0 radical (unpaired) electrons. The second-order valence-electron chi connectivity index (χ2n) is 3.71. The molecule has 0 saturated heterocycles. The van der Waals surface area contributed by atoms with Gasteiger partial charge in [-0.2, -0.15) is 25.3 Å². The van der Waals surface area contributed by atoms with E-state index in [2.05, 4.69) is 9.71 Å². The Bertz CT molecular complexity index is 1040. The molecule has 0 unspecified atom stereocenters. The first-order valence-corrected chi connectivity index (χ1v) is 9.58. The van der Waals surface area contributed by atoms with Crippen LogP contribution in [0.5, 0.6) is 5.75 Å². The summed E-state index contributed by atoms with van der Waals surface area (Å²) < 4.78 is 99.7. The third kappa shape index (κ3) is 4.04. The number of benzene rings is 1. The van der Waals surface area contributed by atoms with Gasteiger partial charge in [-0.05, 0) is 0 Å². The molecular formula is C7H6Cl2N2O10S3. The summed E-state index contributed by atoms with van der Waals surface area (Å²) in [7, 11) is -15.7. The molecule has 17 heteroatoms. The molecule has 3 N–H and O–H groups in total. The summed E-state index contributed by atoms with van der Waals surface area (Å²) in [6.07, 6.45) is 0. The highest BCUT2D eigenvalue weighted by atomic mass is 35.5. The van der Waals surface area contributed by atoms with Crippen LogP contribution in [0.4, 0.5) is 5.69 Å². The number of hydrogen-bond donors (Lipinski definition) is 3. The van der Waals surface area contributed by atoms with Crippen LogP contribution in [0, 0.1) is 5.39 Å². The van der Waals surface area contributed by atoms with Gasteiger partial charge in [-0.1, -0.05) is 11.6 Å². The Morgan fingerprint density at radius 3 is 1.54 bits per heavy atom. The van der Waals surface area contributed by atoms with E-state index < -0.39 is 61.5 Å². The molecule has 1 rings (SSSR count). The lowest BCUT2D eigenvalue weighted by Crippen LogP contribution is -3.00. The first-order chi connectivity index (χ1) is 10.2. The van der Waals surface area contributed by atoms with Crippen molar-refractivity contribution in [3.05, 3.63) is 10.00 Å². The van der Waals surface area contributed by atoms with Gasteiger partial charge in [0.25, 0.3) is 10.1 Å². The fourth-order valence-electron chi connectivity index (χ4n) is 1.60. The van der Waals surface area contributed by atoms with Gasteiger partial charge in [-0.3, -0.25) is 13.7 Å². The van der Waals surface area contributed by atoms with Gasteiger partial charge >= 0.3 is 25.9 Å². The second-order valence-corrected chi connectivity index (χ2v) is 8.16. The van der Waals surface area contributed by atoms with Gasteiger partial charge in [0.15, 0.2) is 10.7 Å². The van der Waals surface area contributed by atoms with Crippen LogP contribution in [-0.2, 0) is 30.4 Å². The summed E-state index contributed by atoms with van der Waals surface area (Å²) in [5, 5.41) is 7.52. The van der Waals surface area contributed by atoms with Crippen molar-refractivity contribution in [2.75, 3.05) is 7.11 Å². The van der Waals surface area contributed by atoms with E-state index in [9.17, 15) is 25.3 Å². The molecule has 24 heavy (non-hydrogen) atoms. The molecule has 0 atom stereocenters. The lowest BCUT2D eigenvalue weighted by molar-refractivity contribution is -0.0000175. The predicted molar refractivity (Wildman–Crippen MR) is 72.2 cm³/mol. The minimum absolute atomic E-state index is 0. The Labute approximate surface area is 146 Å². The van der Waals surface area contributed by atoms with Crippen molar-refractivity contribution in [3.63, 3.8) is 0 Å². The molecule has 0 fully saturated rings. The number of ether oxygens (including phenoxy) is 1. The number of halogens is 2. The van der Waals surface area contributed by atoms with Crippen LogP contribution >= 0.6 is 11.6 Å². The van der Waals surface area contributed by atoms with Gasteiger partial charge in [0.1, 0.15) is 9.92 Å². The van der Waals surface area contributed by atoms with Crippen LogP contribution in [-0.4, -0.2) is 46.0 Å². The number of rotatable bonds is 4. The second kappa shape index (κ2) is 6.93. The molecule has 136 valence electrons. The molecule has 1 aromatic rings. The highest BCUT2D eigenvalue weighted by molar-refractivity contribution is 7.89. The van der Waals surface area contributed by atoms with Gasteiger partial charge in [-0.15, -0.1) is 0 Å². The monoisotopic (exact) mass is 444 g/mol. The molecule has 12 nitrogen and oxygen atoms in total. The van der Waals surface area contributed by atoms with Crippen molar-refractivity contribution in [1.82, 2.24) is 0 Å². The summed E-state index contributed by atoms with van der Waals surface area (Å²) >= 11 is 5.51. The molecular weight excluding hydrogens is 439 g/mol. The van der Waals surface area contributed by atoms with Crippen LogP contribution in [0.25, 0.3) is 4.98 Å². The Kier molecular flexibility index (Phi) is 6.57. The van der Waals surface area contributed by atoms with E-state index >= 15 is 0 Å². The molecule has 0 saturated carbocycles. The van der Waals surface area contributed by atoms with Crippen LogP contribution < -0.4 is 17.1 Å². The zero-order valence-electron chi connectivity index (χ0n) is 11.1. The SMILES string of the molecule is COc1c(Cl)c(S(=O)(=O)O)c(S(=O)(=O)O)c([N+]#N)c1S(=O)(=O)O.[Cl-]. The maximum absolute atomic E-state index is 11.3. The van der Waals surface area contributed by atoms with Crippen LogP contribution in [0.1, 0.15) is 0 Å². The molecule has 0 aliphatic heterocycles. The van der Waals surface area contributed by atoms with Gasteiger partial charge in [-0.25, -0.2) is 0 Å². The largest absolute Gasteiger partial charge is 1.00 e. The number of diazo groups is 1. The Morgan fingerprint density at radius 2 is 1.29 bits per heavy atom. The number of nitrogens with zero attached hydrogens (tertiary/aromatic N) is 2. The van der Waals surface area contributed by atoms with Crippen molar-refractivity contribution in [1.29, 1.82) is 5.39 Å². The first-order valence-electron chi connectivity index (χ1n) is 4.89. The highest BCUT2D eigenvalue weighted by Crippen LogP contribution is 2.48. The Hall–Kier alpha value is -1.25. The van der Waals surface area contributed by atoms with Gasteiger partial charge < -0.3 is 17.1 Å². The van der Waals surface area contributed by atoms with Crippen molar-refractivity contribution in [2.45, 2.75) is 14.7 Å². The zero-order chi connectivity index (χ0) is 18.4. The summed E-state index contributed by atoms with van der Waals surface area (Å²) in [4.78, 5) is -2.90. The summed E-state index contributed by atoms with van der Waals surface area (Å²) in [5.41, 5.74) is -1.64. The molecule has 0 amide bonds. The first kappa shape index (κ1) is 22.8. The Balaban J connectivity index is 0.00000529. The van der Waals surface area contributed by atoms with Crippen molar-refractivity contribution >= 4 is 47.6 Å². The maximum Gasteiger partial charge on any atom is 0.432 e.